The van der Waals surface area contributed by atoms with Gasteiger partial charge in [-0.15, -0.1) is 0 Å². The van der Waals surface area contributed by atoms with Crippen LogP contribution in [0, 0.1) is 0 Å². The molecule has 9 aromatic rings. The molecule has 0 aliphatic carbocycles. The van der Waals surface area contributed by atoms with E-state index in [4.69, 9.17) is 0 Å². The van der Waals surface area contributed by atoms with Crippen molar-refractivity contribution in [3.05, 3.63) is 206 Å². The van der Waals surface area contributed by atoms with Gasteiger partial charge in [-0.05, 0) is 72.7 Å². The Morgan fingerprint density at radius 2 is 0.904 bits per heavy atom. The molecule has 0 radical (unpaired) electrons. The van der Waals surface area contributed by atoms with Crippen LogP contribution in [0.5, 0.6) is 0 Å². The number of nitrogens with zero attached hydrogens (tertiary/aromatic N) is 3. The van der Waals surface area contributed by atoms with Gasteiger partial charge in [-0.1, -0.05) is 134 Å². The van der Waals surface area contributed by atoms with Gasteiger partial charge >= 0.3 is 0 Å². The number of anilines is 2. The van der Waals surface area contributed by atoms with Crippen molar-refractivity contribution in [2.75, 3.05) is 4.90 Å². The zero-order chi connectivity index (χ0) is 34.6. The molecule has 10 rings (SSSR count). The fraction of sp³-hybridized carbons (Fsp3) is 0.0204. The molecule has 1 aliphatic rings. The monoisotopic (exact) mass is 665 g/mol. The highest BCUT2D eigenvalue weighted by Crippen LogP contribution is 2.42. The van der Waals surface area contributed by atoms with Crippen LogP contribution < -0.4 is 4.90 Å². The van der Waals surface area contributed by atoms with Gasteiger partial charge in [-0.2, -0.15) is 0 Å². The Kier molecular flexibility index (Phi) is 7.04. The molecule has 0 fully saturated rings. The first kappa shape index (κ1) is 30.0. The molecule has 3 nitrogen and oxygen atoms in total. The number of fused-ring (bicyclic) bond motifs is 7. The maximum Gasteiger partial charge on any atom is 0.0542 e. The number of hydrogen-bond acceptors (Lipinski definition) is 1. The number of hydrogen-bond donors (Lipinski definition) is 0. The third kappa shape index (κ3) is 4.67. The molecule has 52 heavy (non-hydrogen) atoms. The lowest BCUT2D eigenvalue weighted by molar-refractivity contribution is 1.15. The van der Waals surface area contributed by atoms with Gasteiger partial charge < -0.3 is 14.0 Å². The predicted octanol–water partition coefficient (Wildman–Crippen LogP) is 12.9. The van der Waals surface area contributed by atoms with Crippen molar-refractivity contribution in [3.63, 3.8) is 0 Å². The van der Waals surface area contributed by atoms with Gasteiger partial charge in [-0.3, -0.25) is 0 Å². The third-order valence-electron chi connectivity index (χ3n) is 10.5. The molecule has 0 unspecified atom stereocenters. The number of allylic oxidation sites excluding steroid dienone is 4. The highest BCUT2D eigenvalue weighted by Gasteiger charge is 2.22. The van der Waals surface area contributed by atoms with Crippen LogP contribution in [-0.4, -0.2) is 9.13 Å². The Balaban J connectivity index is 1.20. The summed E-state index contributed by atoms with van der Waals surface area (Å²) in [7, 11) is 0. The Labute approximate surface area is 302 Å². The Hall–Kier alpha value is -6.84. The molecule has 0 bridgehead atoms. The van der Waals surface area contributed by atoms with Gasteiger partial charge in [0.25, 0.3) is 0 Å². The minimum atomic E-state index is 0.860. The minimum absolute atomic E-state index is 0.860. The summed E-state index contributed by atoms with van der Waals surface area (Å²) in [6.45, 7) is 4.52. The molecule has 0 N–H and O–H groups in total. The van der Waals surface area contributed by atoms with Crippen molar-refractivity contribution >= 4 is 55.0 Å². The zero-order valence-corrected chi connectivity index (χ0v) is 28.7. The Bertz CT molecular complexity index is 2860. The van der Waals surface area contributed by atoms with E-state index in [2.05, 4.69) is 209 Å². The number of rotatable bonds is 4. The highest BCUT2D eigenvalue weighted by atomic mass is 15.1. The summed E-state index contributed by atoms with van der Waals surface area (Å²) in [5, 5.41) is 4.93. The van der Waals surface area contributed by atoms with Crippen LogP contribution in [0.2, 0.25) is 0 Å². The van der Waals surface area contributed by atoms with E-state index in [0.29, 0.717) is 0 Å². The standard InChI is InChI=1S/C49H35N3/c1-34-17-3-2-4-18-35-19-5-11-25-43(35)50(34)36-31-32-49-42(33-36)41-24-10-16-30-48(41)52(49)47-29-15-9-23-40(47)39-22-8-14-28-46(39)51-44-26-12-6-20-37(44)38-21-7-13-27-45(38)51/h2-17,19-33H,1,18H2/b4-2-,17-3-. The fourth-order valence-electron chi connectivity index (χ4n) is 8.21. The number of aromatic nitrogens is 2. The smallest absolute Gasteiger partial charge is 0.0542 e. The SMILES string of the molecule is C=C1/C=C\C=C/Cc2ccccc2N1c1ccc2c(c1)c1ccccc1n2-c1ccccc1-c1ccccc1-n1c2ccccc2c2ccccc21. The van der Waals surface area contributed by atoms with Crippen LogP contribution in [0.15, 0.2) is 200 Å². The van der Waals surface area contributed by atoms with Gasteiger partial charge in [0.1, 0.15) is 0 Å². The predicted molar refractivity (Wildman–Crippen MR) is 220 cm³/mol. The molecule has 246 valence electrons. The lowest BCUT2D eigenvalue weighted by atomic mass is 10.0. The first-order valence-electron chi connectivity index (χ1n) is 17.9. The lowest BCUT2D eigenvalue weighted by Gasteiger charge is -2.27. The second-order valence-corrected chi connectivity index (χ2v) is 13.4. The highest BCUT2D eigenvalue weighted by molar-refractivity contribution is 6.12. The van der Waals surface area contributed by atoms with E-state index in [0.717, 1.165) is 40.4 Å². The van der Waals surface area contributed by atoms with E-state index in [1.807, 2.05) is 0 Å². The summed E-state index contributed by atoms with van der Waals surface area (Å²) in [4.78, 5) is 2.29. The maximum atomic E-state index is 4.52. The molecular weight excluding hydrogens is 631 g/mol. The van der Waals surface area contributed by atoms with Gasteiger partial charge in [0.05, 0.1) is 33.4 Å². The molecule has 2 aromatic heterocycles. The summed E-state index contributed by atoms with van der Waals surface area (Å²) in [5.74, 6) is 0. The molecule has 0 spiro atoms. The van der Waals surface area contributed by atoms with Gasteiger partial charge in [0.2, 0.25) is 0 Å². The van der Waals surface area contributed by atoms with Crippen molar-refractivity contribution in [2.24, 2.45) is 0 Å². The molecular formula is C49H35N3. The largest absolute Gasteiger partial charge is 0.311 e. The van der Waals surface area contributed by atoms with E-state index >= 15 is 0 Å². The van der Waals surface area contributed by atoms with E-state index < -0.39 is 0 Å². The van der Waals surface area contributed by atoms with E-state index in [-0.39, 0.29) is 0 Å². The number of para-hydroxylation sites is 6. The molecule has 3 heterocycles. The topological polar surface area (TPSA) is 13.1 Å². The first-order chi connectivity index (χ1) is 25.8. The van der Waals surface area contributed by atoms with E-state index in [1.165, 1.54) is 54.8 Å². The van der Waals surface area contributed by atoms with E-state index in [1.54, 1.807) is 0 Å². The molecule has 0 amide bonds. The summed E-state index contributed by atoms with van der Waals surface area (Å²) >= 11 is 0. The molecule has 0 saturated carbocycles. The van der Waals surface area contributed by atoms with Gasteiger partial charge in [0.15, 0.2) is 0 Å². The summed E-state index contributed by atoms with van der Waals surface area (Å²) in [6.07, 6.45) is 9.36. The van der Waals surface area contributed by atoms with Gasteiger partial charge in [-0.25, -0.2) is 0 Å². The molecule has 7 aromatic carbocycles. The quantitative estimate of drug-likeness (QED) is 0.182. The van der Waals surface area contributed by atoms with Crippen LogP contribution in [0.25, 0.3) is 66.1 Å². The van der Waals surface area contributed by atoms with Crippen molar-refractivity contribution in [3.8, 4) is 22.5 Å². The lowest BCUT2D eigenvalue weighted by Crippen LogP contribution is -2.15. The van der Waals surface area contributed by atoms with Crippen molar-refractivity contribution in [1.29, 1.82) is 0 Å². The van der Waals surface area contributed by atoms with Crippen molar-refractivity contribution < 1.29 is 0 Å². The third-order valence-corrected chi connectivity index (χ3v) is 10.5. The van der Waals surface area contributed by atoms with Crippen LogP contribution in [0.3, 0.4) is 0 Å². The second kappa shape index (κ2) is 12.2. The summed E-state index contributed by atoms with van der Waals surface area (Å²) < 4.78 is 4.87. The van der Waals surface area contributed by atoms with Crippen LogP contribution in [0.1, 0.15) is 5.56 Å². The molecule has 0 atom stereocenters. The number of benzene rings is 7. The maximum absolute atomic E-state index is 4.52. The second-order valence-electron chi connectivity index (χ2n) is 13.4. The van der Waals surface area contributed by atoms with E-state index in [9.17, 15) is 0 Å². The van der Waals surface area contributed by atoms with Crippen molar-refractivity contribution in [2.45, 2.75) is 6.42 Å². The zero-order valence-electron chi connectivity index (χ0n) is 28.7. The first-order valence-corrected chi connectivity index (χ1v) is 17.9. The summed E-state index contributed by atoms with van der Waals surface area (Å²) in [6, 6.07) is 59.4. The molecule has 1 aliphatic heterocycles. The van der Waals surface area contributed by atoms with Crippen LogP contribution in [-0.2, 0) is 6.42 Å². The average Bonchev–Trinajstić information content (AvgIpc) is 3.73. The van der Waals surface area contributed by atoms with Crippen molar-refractivity contribution in [1.82, 2.24) is 9.13 Å². The molecule has 0 saturated heterocycles. The Morgan fingerprint density at radius 3 is 1.52 bits per heavy atom. The fourth-order valence-corrected chi connectivity index (χ4v) is 8.21. The normalized spacial score (nSPS) is 14.4. The minimum Gasteiger partial charge on any atom is -0.311 e. The van der Waals surface area contributed by atoms with Gasteiger partial charge in [0, 0.05) is 49.7 Å². The molecule has 3 heteroatoms. The van der Waals surface area contributed by atoms with Crippen LogP contribution in [0.4, 0.5) is 11.4 Å². The van der Waals surface area contributed by atoms with Crippen LogP contribution >= 0.6 is 0 Å². The Morgan fingerprint density at radius 1 is 0.423 bits per heavy atom. The summed E-state index contributed by atoms with van der Waals surface area (Å²) in [5.41, 5.74) is 13.8. The average molecular weight is 666 g/mol.